The molecule has 1 aromatic heterocycles. The van der Waals surface area contributed by atoms with Gasteiger partial charge in [0.05, 0.1) is 33.6 Å². The second-order valence-corrected chi connectivity index (χ2v) is 6.28. The summed E-state index contributed by atoms with van der Waals surface area (Å²) in [4.78, 5) is 5.35. The van der Waals surface area contributed by atoms with Gasteiger partial charge in [0.2, 0.25) is 10.6 Å². The molecule has 0 saturated heterocycles. The van der Waals surface area contributed by atoms with Crippen LogP contribution in [0.1, 0.15) is 20.3 Å². The van der Waals surface area contributed by atoms with Crippen molar-refractivity contribution in [1.82, 2.24) is 4.68 Å². The molecule has 0 unspecified atom stereocenters. The first-order valence-corrected chi connectivity index (χ1v) is 9.14. The highest BCUT2D eigenvalue weighted by Gasteiger charge is 2.17. The second kappa shape index (κ2) is 9.24. The zero-order valence-electron chi connectivity index (χ0n) is 15.9. The van der Waals surface area contributed by atoms with Gasteiger partial charge in [-0.2, -0.15) is 5.10 Å². The minimum absolute atomic E-state index is 0.538. The van der Waals surface area contributed by atoms with Gasteiger partial charge in [0.25, 0.3) is 0 Å². The summed E-state index contributed by atoms with van der Waals surface area (Å²) in [7, 11) is 4.80. The van der Waals surface area contributed by atoms with Crippen molar-refractivity contribution in [2.75, 3.05) is 27.9 Å². The summed E-state index contributed by atoms with van der Waals surface area (Å²) in [6.07, 6.45) is 2.62. The summed E-state index contributed by atoms with van der Waals surface area (Å²) in [6, 6.07) is 3.82. The Hall–Kier alpha value is -2.54. The summed E-state index contributed by atoms with van der Waals surface area (Å²) >= 11 is 1.53. The van der Waals surface area contributed by atoms with Gasteiger partial charge in [-0.3, -0.25) is 4.99 Å². The van der Waals surface area contributed by atoms with Crippen molar-refractivity contribution in [3.8, 4) is 28.5 Å². The van der Waals surface area contributed by atoms with Crippen LogP contribution in [0.3, 0.4) is 0 Å². The Morgan fingerprint density at radius 1 is 1.19 bits per heavy atom. The first-order chi connectivity index (χ1) is 12.6. The maximum Gasteiger partial charge on any atom is 0.206 e. The molecule has 0 aliphatic rings. The van der Waals surface area contributed by atoms with Crippen molar-refractivity contribution in [1.29, 1.82) is 0 Å². The van der Waals surface area contributed by atoms with E-state index < -0.39 is 0 Å². The molecule has 1 aromatic carbocycles. The third kappa shape index (κ3) is 4.16. The summed E-state index contributed by atoms with van der Waals surface area (Å²) in [5.74, 6) is 1.76. The van der Waals surface area contributed by atoms with E-state index in [1.54, 1.807) is 27.4 Å². The van der Waals surface area contributed by atoms with Gasteiger partial charge in [-0.05, 0) is 25.5 Å². The quantitative estimate of drug-likeness (QED) is 0.518. The first kappa shape index (κ1) is 19.8. The Morgan fingerprint density at radius 2 is 1.85 bits per heavy atom. The molecular weight excluding hydrogens is 350 g/mol. The number of hydrogen-bond acceptors (Lipinski definition) is 6. The fourth-order valence-electron chi connectivity index (χ4n) is 2.32. The molecule has 1 heterocycles. The van der Waals surface area contributed by atoms with E-state index in [-0.39, 0.29) is 0 Å². The zero-order valence-corrected chi connectivity index (χ0v) is 16.7. The molecular formula is C19H25N3O3S. The van der Waals surface area contributed by atoms with Crippen LogP contribution in [0.4, 0.5) is 0 Å². The molecule has 0 fully saturated rings. The van der Waals surface area contributed by atoms with Crippen LogP contribution in [-0.2, 0) is 0 Å². The zero-order chi connectivity index (χ0) is 19.1. The largest absolute Gasteiger partial charge is 0.493 e. The molecule has 0 aliphatic heterocycles. The van der Waals surface area contributed by atoms with Crippen LogP contribution in [0.5, 0.6) is 17.2 Å². The molecule has 26 heavy (non-hydrogen) atoms. The third-order valence-corrected chi connectivity index (χ3v) is 4.64. The molecule has 0 bridgehead atoms. The second-order valence-electron chi connectivity index (χ2n) is 5.45. The Morgan fingerprint density at radius 3 is 2.35 bits per heavy atom. The lowest BCUT2D eigenvalue weighted by atomic mass is 10.1. The van der Waals surface area contributed by atoms with E-state index in [9.17, 15) is 0 Å². The van der Waals surface area contributed by atoms with E-state index in [4.69, 9.17) is 19.3 Å². The Labute approximate surface area is 158 Å². The van der Waals surface area contributed by atoms with Crippen molar-refractivity contribution in [3.05, 3.63) is 35.0 Å². The highest BCUT2D eigenvalue weighted by atomic mass is 32.1. The van der Waals surface area contributed by atoms with E-state index in [0.29, 0.717) is 23.8 Å². The predicted octanol–water partition coefficient (Wildman–Crippen LogP) is 3.96. The lowest BCUT2D eigenvalue weighted by Gasteiger charge is -2.14. The minimum Gasteiger partial charge on any atom is -0.493 e. The molecule has 6 nitrogen and oxygen atoms in total. The van der Waals surface area contributed by atoms with E-state index in [2.05, 4.69) is 18.5 Å². The number of methoxy groups -OCH3 is 3. The van der Waals surface area contributed by atoms with Crippen LogP contribution in [0, 0.1) is 0 Å². The van der Waals surface area contributed by atoms with Crippen molar-refractivity contribution in [2.24, 2.45) is 10.1 Å². The van der Waals surface area contributed by atoms with E-state index in [1.807, 2.05) is 29.1 Å². The fraction of sp³-hybridized carbons (Fsp3) is 0.368. The molecule has 0 atom stereocenters. The Balaban J connectivity index is 2.72. The standard InChI is InChI=1S/C19H25N3O3S/c1-7-9-20-19-22(21-13(3)8-2)15(12-26-19)14-10-16(23-4)18(25-6)17(11-14)24-5/h7,10-12H,1,8-9H2,2-6H3. The number of nitrogens with zero attached hydrogens (tertiary/aromatic N) is 3. The highest BCUT2D eigenvalue weighted by Crippen LogP contribution is 2.41. The fourth-order valence-corrected chi connectivity index (χ4v) is 3.16. The topological polar surface area (TPSA) is 57.3 Å². The molecule has 7 heteroatoms. The first-order valence-electron chi connectivity index (χ1n) is 8.26. The van der Waals surface area contributed by atoms with E-state index >= 15 is 0 Å². The Kier molecular flexibility index (Phi) is 7.03. The number of ether oxygens (including phenoxy) is 3. The SMILES string of the molecule is C=CCN=c1scc(-c2cc(OC)c(OC)c(OC)c2)n1N=C(C)CC. The number of rotatable bonds is 8. The molecule has 0 saturated carbocycles. The summed E-state index contributed by atoms with van der Waals surface area (Å²) in [6.45, 7) is 8.34. The van der Waals surface area contributed by atoms with Gasteiger partial charge in [0.1, 0.15) is 0 Å². The van der Waals surface area contributed by atoms with Crippen LogP contribution in [0.25, 0.3) is 11.3 Å². The number of hydrogen-bond donors (Lipinski definition) is 0. The van der Waals surface area contributed by atoms with Crippen molar-refractivity contribution >= 4 is 17.0 Å². The van der Waals surface area contributed by atoms with Crippen LogP contribution in [0.15, 0.2) is 40.3 Å². The van der Waals surface area contributed by atoms with Crippen LogP contribution < -0.4 is 19.0 Å². The highest BCUT2D eigenvalue weighted by molar-refractivity contribution is 7.07. The maximum atomic E-state index is 5.47. The predicted molar refractivity (Wildman–Crippen MR) is 107 cm³/mol. The number of thiazole rings is 1. The molecule has 140 valence electrons. The lowest BCUT2D eigenvalue weighted by Crippen LogP contribution is -2.14. The number of aromatic nitrogens is 1. The van der Waals surface area contributed by atoms with Gasteiger partial charge in [-0.1, -0.05) is 13.0 Å². The summed E-state index contributed by atoms with van der Waals surface area (Å²) < 4.78 is 18.2. The summed E-state index contributed by atoms with van der Waals surface area (Å²) in [5.41, 5.74) is 2.82. The molecule has 2 aromatic rings. The van der Waals surface area contributed by atoms with Gasteiger partial charge in [-0.25, -0.2) is 4.68 Å². The Bertz CT molecular complexity index is 840. The normalized spacial score (nSPS) is 12.2. The van der Waals surface area contributed by atoms with Gasteiger partial charge < -0.3 is 14.2 Å². The van der Waals surface area contributed by atoms with Crippen LogP contribution in [-0.4, -0.2) is 38.3 Å². The lowest BCUT2D eigenvalue weighted by molar-refractivity contribution is 0.324. The molecule has 0 radical (unpaired) electrons. The van der Waals surface area contributed by atoms with Crippen LogP contribution in [0.2, 0.25) is 0 Å². The van der Waals surface area contributed by atoms with E-state index in [1.165, 1.54) is 11.3 Å². The monoisotopic (exact) mass is 375 g/mol. The average molecular weight is 375 g/mol. The van der Waals surface area contributed by atoms with Gasteiger partial charge in [-0.15, -0.1) is 17.9 Å². The van der Waals surface area contributed by atoms with Gasteiger partial charge in [0, 0.05) is 16.7 Å². The van der Waals surface area contributed by atoms with Crippen molar-refractivity contribution < 1.29 is 14.2 Å². The number of benzene rings is 1. The van der Waals surface area contributed by atoms with Gasteiger partial charge in [0.15, 0.2) is 11.5 Å². The molecule has 2 rings (SSSR count). The average Bonchev–Trinajstić information content (AvgIpc) is 3.07. The molecule has 0 N–H and O–H groups in total. The minimum atomic E-state index is 0.538. The van der Waals surface area contributed by atoms with Crippen LogP contribution >= 0.6 is 11.3 Å². The van der Waals surface area contributed by atoms with Crippen molar-refractivity contribution in [2.45, 2.75) is 20.3 Å². The smallest absolute Gasteiger partial charge is 0.206 e. The summed E-state index contributed by atoms with van der Waals surface area (Å²) in [5, 5.41) is 6.75. The van der Waals surface area contributed by atoms with Crippen molar-refractivity contribution in [3.63, 3.8) is 0 Å². The molecule has 0 aliphatic carbocycles. The third-order valence-electron chi connectivity index (χ3n) is 3.78. The van der Waals surface area contributed by atoms with E-state index in [0.717, 1.165) is 28.2 Å². The molecule has 0 amide bonds. The molecule has 0 spiro atoms. The maximum absolute atomic E-state index is 5.47. The van der Waals surface area contributed by atoms with Gasteiger partial charge >= 0.3 is 0 Å².